The van der Waals surface area contributed by atoms with E-state index in [0.29, 0.717) is 24.5 Å². The van der Waals surface area contributed by atoms with E-state index in [4.69, 9.17) is 4.74 Å². The largest absolute Gasteiger partial charge is 0.427 e. The highest BCUT2D eigenvalue weighted by atomic mass is 32.2. The lowest BCUT2D eigenvalue weighted by Crippen LogP contribution is -2.31. The van der Waals surface area contributed by atoms with Crippen molar-refractivity contribution >= 4 is 27.6 Å². The van der Waals surface area contributed by atoms with E-state index in [1.54, 1.807) is 24.3 Å². The van der Waals surface area contributed by atoms with Crippen molar-refractivity contribution in [2.45, 2.75) is 50.3 Å². The highest BCUT2D eigenvalue weighted by molar-refractivity contribution is 7.89. The summed E-state index contributed by atoms with van der Waals surface area (Å²) in [6.07, 6.45) is 3.77. The number of hydrogen-bond donors (Lipinski definition) is 1. The van der Waals surface area contributed by atoms with Crippen molar-refractivity contribution in [1.82, 2.24) is 4.31 Å². The number of nitrogens with one attached hydrogen (secondary N) is 1. The average Bonchev–Trinajstić information content (AvgIpc) is 3.05. The Hall–Kier alpha value is -2.71. The van der Waals surface area contributed by atoms with Crippen LogP contribution >= 0.6 is 0 Å². The van der Waals surface area contributed by atoms with Gasteiger partial charge in [0.15, 0.2) is 0 Å². The Labute approximate surface area is 183 Å². The van der Waals surface area contributed by atoms with Crippen LogP contribution in [0.4, 0.5) is 5.69 Å². The molecule has 1 heterocycles. The van der Waals surface area contributed by atoms with Gasteiger partial charge in [-0.2, -0.15) is 4.31 Å². The van der Waals surface area contributed by atoms with Crippen LogP contribution in [-0.4, -0.2) is 37.7 Å². The van der Waals surface area contributed by atoms with E-state index in [0.717, 1.165) is 31.2 Å². The molecule has 1 aliphatic rings. The van der Waals surface area contributed by atoms with Crippen LogP contribution in [0.3, 0.4) is 0 Å². The molecule has 8 heteroatoms. The SMILES string of the molecule is Cc1ccc(OC(=O)CCC(=O)Nc2ccc(S(=O)(=O)N3CCCCCC3)cc2)cc1. The van der Waals surface area contributed by atoms with Gasteiger partial charge in [0.1, 0.15) is 5.75 Å². The molecule has 7 nitrogen and oxygen atoms in total. The molecule has 3 rings (SSSR count). The van der Waals surface area contributed by atoms with Gasteiger partial charge in [0, 0.05) is 25.2 Å². The van der Waals surface area contributed by atoms with Crippen LogP contribution in [0.25, 0.3) is 0 Å². The maximum absolute atomic E-state index is 12.8. The first-order valence-electron chi connectivity index (χ1n) is 10.5. The minimum absolute atomic E-state index is 0.0292. The van der Waals surface area contributed by atoms with Gasteiger partial charge in [0.05, 0.1) is 11.3 Å². The fourth-order valence-corrected chi connectivity index (χ4v) is 4.89. The Balaban J connectivity index is 1.50. The van der Waals surface area contributed by atoms with Crippen molar-refractivity contribution in [2.75, 3.05) is 18.4 Å². The molecule has 0 spiro atoms. The van der Waals surface area contributed by atoms with Gasteiger partial charge in [0.2, 0.25) is 15.9 Å². The highest BCUT2D eigenvalue weighted by Crippen LogP contribution is 2.22. The van der Waals surface area contributed by atoms with E-state index >= 15 is 0 Å². The molecule has 166 valence electrons. The maximum Gasteiger partial charge on any atom is 0.311 e. The number of ether oxygens (including phenoxy) is 1. The minimum atomic E-state index is -3.53. The van der Waals surface area contributed by atoms with Crippen LogP contribution in [0.15, 0.2) is 53.4 Å². The van der Waals surface area contributed by atoms with Crippen molar-refractivity contribution in [2.24, 2.45) is 0 Å². The Morgan fingerprint density at radius 1 is 0.903 bits per heavy atom. The van der Waals surface area contributed by atoms with E-state index in [2.05, 4.69) is 5.32 Å². The Bertz CT molecular complexity index is 993. The summed E-state index contributed by atoms with van der Waals surface area (Å²) in [6.45, 7) is 3.02. The summed E-state index contributed by atoms with van der Waals surface area (Å²) in [4.78, 5) is 24.3. The number of carbonyl (C=O) groups excluding carboxylic acids is 2. The molecule has 1 fully saturated rings. The molecule has 1 saturated heterocycles. The number of carbonyl (C=O) groups is 2. The van der Waals surface area contributed by atoms with E-state index < -0.39 is 16.0 Å². The topological polar surface area (TPSA) is 92.8 Å². The lowest BCUT2D eigenvalue weighted by atomic mass is 10.2. The molecule has 1 aliphatic heterocycles. The van der Waals surface area contributed by atoms with Crippen molar-refractivity contribution < 1.29 is 22.7 Å². The van der Waals surface area contributed by atoms with E-state index in [1.165, 1.54) is 16.4 Å². The molecule has 0 atom stereocenters. The molecule has 0 saturated carbocycles. The third-order valence-corrected chi connectivity index (χ3v) is 7.06. The normalized spacial score (nSPS) is 15.1. The molecule has 0 aliphatic carbocycles. The monoisotopic (exact) mass is 444 g/mol. The van der Waals surface area contributed by atoms with E-state index in [1.807, 2.05) is 19.1 Å². The van der Waals surface area contributed by atoms with Crippen molar-refractivity contribution in [1.29, 1.82) is 0 Å². The fourth-order valence-electron chi connectivity index (χ4n) is 3.37. The van der Waals surface area contributed by atoms with Gasteiger partial charge in [-0.3, -0.25) is 9.59 Å². The second-order valence-corrected chi connectivity index (χ2v) is 9.62. The van der Waals surface area contributed by atoms with Gasteiger partial charge >= 0.3 is 5.97 Å². The summed E-state index contributed by atoms with van der Waals surface area (Å²) < 4.78 is 32.3. The lowest BCUT2D eigenvalue weighted by Gasteiger charge is -2.20. The van der Waals surface area contributed by atoms with Crippen LogP contribution < -0.4 is 10.1 Å². The van der Waals surface area contributed by atoms with Crippen LogP contribution in [0.5, 0.6) is 5.75 Å². The molecule has 1 N–H and O–H groups in total. The average molecular weight is 445 g/mol. The molecule has 2 aromatic carbocycles. The molecule has 0 unspecified atom stereocenters. The molecular formula is C23H28N2O5S. The van der Waals surface area contributed by atoms with E-state index in [-0.39, 0.29) is 23.6 Å². The molecule has 1 amide bonds. The molecule has 0 radical (unpaired) electrons. The maximum atomic E-state index is 12.8. The number of esters is 1. The number of hydrogen-bond acceptors (Lipinski definition) is 5. The first-order valence-corrected chi connectivity index (χ1v) is 12.0. The standard InChI is InChI=1S/C23H28N2O5S/c1-18-6-10-20(11-7-18)30-23(27)15-14-22(26)24-19-8-12-21(13-9-19)31(28,29)25-16-4-2-3-5-17-25/h6-13H,2-5,14-17H2,1H3,(H,24,26). The zero-order chi connectivity index (χ0) is 22.3. The van der Waals surface area contributed by atoms with Crippen molar-refractivity contribution in [3.63, 3.8) is 0 Å². The summed E-state index contributed by atoms with van der Waals surface area (Å²) in [7, 11) is -3.53. The van der Waals surface area contributed by atoms with E-state index in [9.17, 15) is 18.0 Å². The van der Waals surface area contributed by atoms with Crippen LogP contribution in [0, 0.1) is 6.92 Å². The Kier molecular flexibility index (Phi) is 7.81. The highest BCUT2D eigenvalue weighted by Gasteiger charge is 2.25. The molecule has 31 heavy (non-hydrogen) atoms. The first kappa shape index (κ1) is 23.0. The molecule has 2 aromatic rings. The number of anilines is 1. The van der Waals surface area contributed by atoms with Crippen molar-refractivity contribution in [3.05, 3.63) is 54.1 Å². The molecule has 0 aromatic heterocycles. The Morgan fingerprint density at radius 3 is 2.13 bits per heavy atom. The zero-order valence-electron chi connectivity index (χ0n) is 17.7. The second kappa shape index (κ2) is 10.5. The minimum Gasteiger partial charge on any atom is -0.427 e. The summed E-state index contributed by atoms with van der Waals surface area (Å²) >= 11 is 0. The van der Waals surface area contributed by atoms with Gasteiger partial charge in [-0.15, -0.1) is 0 Å². The van der Waals surface area contributed by atoms with Gasteiger partial charge < -0.3 is 10.1 Å². The lowest BCUT2D eigenvalue weighted by molar-refractivity contribution is -0.135. The van der Waals surface area contributed by atoms with Gasteiger partial charge in [-0.25, -0.2) is 8.42 Å². The number of rotatable bonds is 7. The predicted octanol–water partition coefficient (Wildman–Crippen LogP) is 3.88. The zero-order valence-corrected chi connectivity index (χ0v) is 18.5. The third kappa shape index (κ3) is 6.63. The van der Waals surface area contributed by atoms with Crippen LogP contribution in [0.1, 0.15) is 44.1 Å². The third-order valence-electron chi connectivity index (χ3n) is 5.15. The predicted molar refractivity (Wildman–Crippen MR) is 118 cm³/mol. The van der Waals surface area contributed by atoms with Crippen LogP contribution in [0.2, 0.25) is 0 Å². The summed E-state index contributed by atoms with van der Waals surface area (Å²) in [5.74, 6) is -0.390. The number of nitrogens with zero attached hydrogens (tertiary/aromatic N) is 1. The number of amides is 1. The fraction of sp³-hybridized carbons (Fsp3) is 0.391. The van der Waals surface area contributed by atoms with Gasteiger partial charge in [-0.05, 0) is 56.2 Å². The summed E-state index contributed by atoms with van der Waals surface area (Å²) in [5.41, 5.74) is 1.54. The Morgan fingerprint density at radius 2 is 1.52 bits per heavy atom. The molecular weight excluding hydrogens is 416 g/mol. The quantitative estimate of drug-likeness (QED) is 0.517. The van der Waals surface area contributed by atoms with Gasteiger partial charge in [-0.1, -0.05) is 30.5 Å². The number of sulfonamides is 1. The number of aryl methyl sites for hydroxylation is 1. The van der Waals surface area contributed by atoms with Gasteiger partial charge in [0.25, 0.3) is 0 Å². The van der Waals surface area contributed by atoms with Crippen molar-refractivity contribution in [3.8, 4) is 5.75 Å². The first-order chi connectivity index (χ1) is 14.8. The second-order valence-electron chi connectivity index (χ2n) is 7.68. The summed E-state index contributed by atoms with van der Waals surface area (Å²) in [6, 6.07) is 13.2. The summed E-state index contributed by atoms with van der Waals surface area (Å²) in [5, 5.41) is 2.68. The molecule has 0 bridgehead atoms. The smallest absolute Gasteiger partial charge is 0.311 e. The number of benzene rings is 2. The van der Waals surface area contributed by atoms with Crippen LogP contribution in [-0.2, 0) is 19.6 Å².